The molecule has 2 unspecified atom stereocenters. The lowest BCUT2D eigenvalue weighted by Gasteiger charge is -2.32. The smallest absolute Gasteiger partial charge is 0.419 e. The van der Waals surface area contributed by atoms with Crippen molar-refractivity contribution in [3.8, 4) is 5.75 Å². The fourth-order valence-electron chi connectivity index (χ4n) is 4.03. The molecule has 0 radical (unpaired) electrons. The number of carbonyl (C=O) groups excluding carboxylic acids is 1. The highest BCUT2D eigenvalue weighted by Gasteiger charge is 2.41. The number of aliphatic hydroxyl groups is 2. The number of carbonyl (C=O) groups is 1. The standard InChI is InChI=1S/C25H25NO5/c27-22-15-7-13-21-20(22)14-8-16-25(30,23(21)28)17-31-24(29)26(18-9-3-1-4-10-18)19-11-5-2-6-12-19/h1-7,9-13,15,23,27-28,30H,8,14,16-17H2. The first-order chi connectivity index (χ1) is 15.0. The average molecular weight is 419 g/mol. The Morgan fingerprint density at radius 1 is 0.968 bits per heavy atom. The molecule has 3 N–H and O–H groups in total. The first-order valence-electron chi connectivity index (χ1n) is 10.3. The number of aliphatic hydroxyl groups excluding tert-OH is 1. The third-order valence-electron chi connectivity index (χ3n) is 5.68. The predicted octanol–water partition coefficient (Wildman–Crippen LogP) is 4.47. The minimum Gasteiger partial charge on any atom is -0.508 e. The van der Waals surface area contributed by atoms with Gasteiger partial charge in [-0.25, -0.2) is 9.69 Å². The number of rotatable bonds is 4. The van der Waals surface area contributed by atoms with Crippen LogP contribution in [0.5, 0.6) is 5.75 Å². The second-order valence-electron chi connectivity index (χ2n) is 7.77. The Morgan fingerprint density at radius 2 is 1.58 bits per heavy atom. The minimum absolute atomic E-state index is 0.0946. The van der Waals surface area contributed by atoms with E-state index in [0.717, 1.165) is 0 Å². The van der Waals surface area contributed by atoms with Gasteiger partial charge >= 0.3 is 6.09 Å². The van der Waals surface area contributed by atoms with Gasteiger partial charge in [0.1, 0.15) is 24.1 Å². The summed E-state index contributed by atoms with van der Waals surface area (Å²) in [5, 5.41) is 32.2. The molecule has 3 aromatic carbocycles. The van der Waals surface area contributed by atoms with E-state index in [1.54, 1.807) is 42.5 Å². The van der Waals surface area contributed by atoms with Crippen LogP contribution in [0.4, 0.5) is 16.2 Å². The molecule has 0 aromatic heterocycles. The molecule has 0 saturated carbocycles. The maximum absolute atomic E-state index is 13.1. The molecule has 160 valence electrons. The molecule has 2 atom stereocenters. The summed E-state index contributed by atoms with van der Waals surface area (Å²) in [5.41, 5.74) is 0.671. The van der Waals surface area contributed by atoms with E-state index in [0.29, 0.717) is 35.3 Å². The zero-order valence-corrected chi connectivity index (χ0v) is 17.0. The summed E-state index contributed by atoms with van der Waals surface area (Å²) in [7, 11) is 0. The van der Waals surface area contributed by atoms with Crippen molar-refractivity contribution in [2.24, 2.45) is 0 Å². The van der Waals surface area contributed by atoms with Crippen molar-refractivity contribution in [3.63, 3.8) is 0 Å². The Bertz CT molecular complexity index is 1000. The van der Waals surface area contributed by atoms with Crippen molar-refractivity contribution in [3.05, 3.63) is 90.0 Å². The van der Waals surface area contributed by atoms with Crippen LogP contribution < -0.4 is 4.90 Å². The zero-order valence-electron chi connectivity index (χ0n) is 17.0. The lowest BCUT2D eigenvalue weighted by atomic mass is 9.89. The van der Waals surface area contributed by atoms with Crippen LogP contribution >= 0.6 is 0 Å². The molecule has 0 heterocycles. The van der Waals surface area contributed by atoms with Crippen LogP contribution in [0.1, 0.15) is 30.1 Å². The number of phenols is 1. The molecule has 0 saturated heterocycles. The highest BCUT2D eigenvalue weighted by Crippen LogP contribution is 2.39. The molecule has 6 heteroatoms. The van der Waals surface area contributed by atoms with Crippen LogP contribution in [0.3, 0.4) is 0 Å². The number of ether oxygens (including phenoxy) is 1. The summed E-state index contributed by atoms with van der Waals surface area (Å²) in [5.74, 6) is 0.0946. The third kappa shape index (κ3) is 4.26. The predicted molar refractivity (Wildman–Crippen MR) is 117 cm³/mol. The van der Waals surface area contributed by atoms with Crippen molar-refractivity contribution in [1.29, 1.82) is 0 Å². The lowest BCUT2D eigenvalue weighted by molar-refractivity contribution is -0.111. The number of hydrogen-bond donors (Lipinski definition) is 3. The largest absolute Gasteiger partial charge is 0.508 e. The number of hydrogen-bond acceptors (Lipinski definition) is 5. The zero-order chi connectivity index (χ0) is 21.8. The van der Waals surface area contributed by atoms with Gasteiger partial charge in [-0.1, -0.05) is 48.5 Å². The molecule has 1 aliphatic rings. The maximum atomic E-state index is 13.1. The van der Waals surface area contributed by atoms with E-state index in [2.05, 4.69) is 0 Å². The van der Waals surface area contributed by atoms with Crippen molar-refractivity contribution in [2.45, 2.75) is 31.0 Å². The van der Waals surface area contributed by atoms with Gasteiger partial charge in [-0.2, -0.15) is 0 Å². The van der Waals surface area contributed by atoms with Crippen molar-refractivity contribution < 1.29 is 24.9 Å². The third-order valence-corrected chi connectivity index (χ3v) is 5.68. The summed E-state index contributed by atoms with van der Waals surface area (Å²) in [6.45, 7) is -0.377. The van der Waals surface area contributed by atoms with Crippen LogP contribution in [-0.2, 0) is 11.2 Å². The van der Waals surface area contributed by atoms with Crippen LogP contribution in [-0.4, -0.2) is 33.6 Å². The number of aromatic hydroxyl groups is 1. The van der Waals surface area contributed by atoms with Crippen LogP contribution in [0, 0.1) is 0 Å². The second kappa shape index (κ2) is 8.79. The second-order valence-corrected chi connectivity index (χ2v) is 7.77. The topological polar surface area (TPSA) is 90.2 Å². The maximum Gasteiger partial charge on any atom is 0.419 e. The Hall–Kier alpha value is -3.35. The molecule has 6 nitrogen and oxygen atoms in total. The summed E-state index contributed by atoms with van der Waals surface area (Å²) in [4.78, 5) is 14.5. The number of amides is 1. The summed E-state index contributed by atoms with van der Waals surface area (Å²) in [6, 6.07) is 23.1. The Labute approximate surface area is 181 Å². The van der Waals surface area contributed by atoms with Crippen LogP contribution in [0.2, 0.25) is 0 Å². The molecule has 4 rings (SSSR count). The van der Waals surface area contributed by atoms with Gasteiger partial charge in [0.25, 0.3) is 0 Å². The van der Waals surface area contributed by atoms with Gasteiger partial charge in [0.15, 0.2) is 0 Å². The molecule has 0 aliphatic heterocycles. The van der Waals surface area contributed by atoms with Crippen molar-refractivity contribution in [1.82, 2.24) is 0 Å². The summed E-state index contributed by atoms with van der Waals surface area (Å²) < 4.78 is 5.54. The molecule has 31 heavy (non-hydrogen) atoms. The number of phenolic OH excluding ortho intramolecular Hbond substituents is 1. The highest BCUT2D eigenvalue weighted by molar-refractivity contribution is 5.95. The first kappa shape index (κ1) is 20.9. The lowest BCUT2D eigenvalue weighted by Crippen LogP contribution is -2.43. The van der Waals surface area contributed by atoms with Crippen molar-refractivity contribution >= 4 is 17.5 Å². The van der Waals surface area contributed by atoms with Crippen molar-refractivity contribution in [2.75, 3.05) is 11.5 Å². The normalized spacial score (nSPS) is 20.4. The van der Waals surface area contributed by atoms with Gasteiger partial charge < -0.3 is 20.1 Å². The van der Waals surface area contributed by atoms with E-state index in [1.807, 2.05) is 36.4 Å². The molecule has 1 amide bonds. The van der Waals surface area contributed by atoms with E-state index in [4.69, 9.17) is 4.74 Å². The Balaban J connectivity index is 1.57. The number of nitrogens with zero attached hydrogens (tertiary/aromatic N) is 1. The number of para-hydroxylation sites is 2. The quantitative estimate of drug-likeness (QED) is 0.543. The van der Waals surface area contributed by atoms with E-state index in [9.17, 15) is 20.1 Å². The molecule has 3 aromatic rings. The molecule has 1 aliphatic carbocycles. The molecule has 0 bridgehead atoms. The number of fused-ring (bicyclic) bond motifs is 1. The number of benzene rings is 3. The fraction of sp³-hybridized carbons (Fsp3) is 0.240. The fourth-order valence-corrected chi connectivity index (χ4v) is 4.03. The average Bonchev–Trinajstić information content (AvgIpc) is 2.92. The molecule has 0 spiro atoms. The Kier molecular flexibility index (Phi) is 5.93. The van der Waals surface area contributed by atoms with Gasteiger partial charge in [0.2, 0.25) is 0 Å². The number of anilines is 2. The molecule has 0 fully saturated rings. The van der Waals surface area contributed by atoms with Crippen LogP contribution in [0.15, 0.2) is 78.9 Å². The monoisotopic (exact) mass is 419 g/mol. The minimum atomic E-state index is -1.66. The van der Waals surface area contributed by atoms with Gasteiger partial charge in [-0.3, -0.25) is 0 Å². The van der Waals surface area contributed by atoms with Gasteiger partial charge in [-0.15, -0.1) is 0 Å². The molecular weight excluding hydrogens is 394 g/mol. The Morgan fingerprint density at radius 3 is 2.19 bits per heavy atom. The molecular formula is C25H25NO5. The van der Waals surface area contributed by atoms with E-state index in [1.165, 1.54) is 4.90 Å². The summed E-state index contributed by atoms with van der Waals surface area (Å²) >= 11 is 0. The highest BCUT2D eigenvalue weighted by atomic mass is 16.6. The van der Waals surface area contributed by atoms with Gasteiger partial charge in [-0.05, 0) is 60.7 Å². The van der Waals surface area contributed by atoms with E-state index in [-0.39, 0.29) is 18.8 Å². The van der Waals surface area contributed by atoms with E-state index >= 15 is 0 Å². The van der Waals surface area contributed by atoms with Crippen LogP contribution in [0.25, 0.3) is 0 Å². The summed E-state index contributed by atoms with van der Waals surface area (Å²) in [6.07, 6.45) is -0.649. The van der Waals surface area contributed by atoms with E-state index < -0.39 is 17.8 Å². The van der Waals surface area contributed by atoms with Gasteiger partial charge in [0, 0.05) is 0 Å². The first-order valence-corrected chi connectivity index (χ1v) is 10.3. The SMILES string of the molecule is O=C(OCC1(O)CCCc2c(O)cccc2C1O)N(c1ccccc1)c1ccccc1. The van der Waals surface area contributed by atoms with Gasteiger partial charge in [0.05, 0.1) is 11.4 Å².